The van der Waals surface area contributed by atoms with Gasteiger partial charge in [0.15, 0.2) is 0 Å². The molecule has 1 unspecified atom stereocenters. The van der Waals surface area contributed by atoms with Gasteiger partial charge in [0.05, 0.1) is 24.7 Å². The molecule has 1 rings (SSSR count). The van der Waals surface area contributed by atoms with Crippen LogP contribution >= 0.6 is 0 Å². The molecule has 1 N–H and O–H groups in total. The molecule has 0 saturated carbocycles. The summed E-state index contributed by atoms with van der Waals surface area (Å²) in [6, 6.07) is 3.12. The number of rotatable bonds is 6. The van der Waals surface area contributed by atoms with Crippen molar-refractivity contribution in [3.05, 3.63) is 33.9 Å². The van der Waals surface area contributed by atoms with Crippen LogP contribution in [0.2, 0.25) is 0 Å². The predicted molar refractivity (Wildman–Crippen MR) is 74.2 cm³/mol. The first kappa shape index (κ1) is 16.4. The first-order valence-corrected chi connectivity index (χ1v) is 6.15. The van der Waals surface area contributed by atoms with Gasteiger partial charge in [-0.2, -0.15) is 0 Å². The zero-order chi connectivity index (χ0) is 16.0. The van der Waals surface area contributed by atoms with Gasteiger partial charge in [0.1, 0.15) is 11.7 Å². The molecule has 0 radical (unpaired) electrons. The Morgan fingerprint density at radius 1 is 1.33 bits per heavy atom. The molecule has 0 aliphatic rings. The maximum atomic E-state index is 11.5. The highest BCUT2D eigenvalue weighted by molar-refractivity contribution is 5.91. The van der Waals surface area contributed by atoms with Gasteiger partial charge in [-0.15, -0.1) is 0 Å². The number of benzene rings is 1. The Balaban J connectivity index is 3.15. The summed E-state index contributed by atoms with van der Waals surface area (Å²) in [5.41, 5.74) is -0.133. The van der Waals surface area contributed by atoms with Gasteiger partial charge in [0.25, 0.3) is 5.69 Å². The van der Waals surface area contributed by atoms with Crippen molar-refractivity contribution in [3.63, 3.8) is 0 Å². The molecule has 21 heavy (non-hydrogen) atoms. The van der Waals surface area contributed by atoms with Crippen molar-refractivity contribution < 1.29 is 24.0 Å². The Morgan fingerprint density at radius 3 is 2.48 bits per heavy atom. The minimum atomic E-state index is -0.710. The smallest absolute Gasteiger partial charge is 0.338 e. The number of methoxy groups -OCH3 is 2. The van der Waals surface area contributed by atoms with E-state index in [-0.39, 0.29) is 16.9 Å². The number of hydrogen-bond acceptors (Lipinski definition) is 7. The predicted octanol–water partition coefficient (Wildman–Crippen LogP) is 1.74. The molecular formula is C13H16N2O6. The van der Waals surface area contributed by atoms with Crippen molar-refractivity contribution >= 4 is 23.3 Å². The normalized spacial score (nSPS) is 11.4. The van der Waals surface area contributed by atoms with Crippen molar-refractivity contribution in [1.82, 2.24) is 0 Å². The van der Waals surface area contributed by atoms with Crippen molar-refractivity contribution in [2.75, 3.05) is 19.5 Å². The zero-order valence-corrected chi connectivity index (χ0v) is 11.9. The van der Waals surface area contributed by atoms with Gasteiger partial charge < -0.3 is 14.8 Å². The lowest BCUT2D eigenvalue weighted by atomic mass is 10.1. The second-order valence-corrected chi connectivity index (χ2v) is 4.11. The molecule has 8 heteroatoms. The summed E-state index contributed by atoms with van der Waals surface area (Å²) in [5, 5.41) is 13.8. The van der Waals surface area contributed by atoms with Crippen LogP contribution in [0, 0.1) is 10.1 Å². The lowest BCUT2D eigenvalue weighted by molar-refractivity contribution is -0.384. The van der Waals surface area contributed by atoms with Gasteiger partial charge in [-0.05, 0) is 18.6 Å². The van der Waals surface area contributed by atoms with E-state index in [4.69, 9.17) is 0 Å². The first-order valence-electron chi connectivity index (χ1n) is 6.15. The quantitative estimate of drug-likeness (QED) is 0.484. The molecular weight excluding hydrogens is 280 g/mol. The first-order chi connectivity index (χ1) is 9.94. The van der Waals surface area contributed by atoms with Crippen molar-refractivity contribution in [2.24, 2.45) is 0 Å². The van der Waals surface area contributed by atoms with E-state index in [0.29, 0.717) is 6.42 Å². The van der Waals surface area contributed by atoms with Crippen molar-refractivity contribution in [1.29, 1.82) is 0 Å². The van der Waals surface area contributed by atoms with Crippen LogP contribution in [0.25, 0.3) is 0 Å². The molecule has 0 spiro atoms. The number of carbonyl (C=O) groups excluding carboxylic acids is 2. The summed E-state index contributed by atoms with van der Waals surface area (Å²) in [5.74, 6) is -1.20. The maximum absolute atomic E-state index is 11.5. The van der Waals surface area contributed by atoms with E-state index in [0.717, 1.165) is 6.07 Å². The standard InChI is InChI=1S/C13H16N2O6/c1-4-9(13(17)21-3)14-10-6-5-8(12(16)20-2)7-11(10)15(18)19/h5-7,9,14H,4H2,1-3H3. The molecule has 0 saturated heterocycles. The summed E-state index contributed by atoms with van der Waals surface area (Å²) < 4.78 is 9.12. The number of anilines is 1. The van der Waals surface area contributed by atoms with Crippen LogP contribution in [0.15, 0.2) is 18.2 Å². The van der Waals surface area contributed by atoms with Gasteiger partial charge >= 0.3 is 11.9 Å². The van der Waals surface area contributed by atoms with Crippen LogP contribution in [-0.4, -0.2) is 37.1 Å². The fourth-order valence-electron chi connectivity index (χ4n) is 1.71. The lowest BCUT2D eigenvalue weighted by Gasteiger charge is -2.16. The zero-order valence-electron chi connectivity index (χ0n) is 11.9. The number of ether oxygens (including phenoxy) is 2. The summed E-state index contributed by atoms with van der Waals surface area (Å²) in [6.45, 7) is 1.74. The molecule has 0 heterocycles. The number of hydrogen-bond donors (Lipinski definition) is 1. The number of nitrogens with zero attached hydrogens (tertiary/aromatic N) is 1. The van der Waals surface area contributed by atoms with Crippen LogP contribution in [0.5, 0.6) is 0 Å². The summed E-state index contributed by atoms with van der Waals surface area (Å²) in [4.78, 5) is 33.4. The highest BCUT2D eigenvalue weighted by Crippen LogP contribution is 2.27. The Labute approximate surface area is 121 Å². The maximum Gasteiger partial charge on any atom is 0.338 e. The molecule has 0 aliphatic carbocycles. The van der Waals surface area contributed by atoms with Crippen molar-refractivity contribution in [2.45, 2.75) is 19.4 Å². The van der Waals surface area contributed by atoms with Crippen LogP contribution in [-0.2, 0) is 14.3 Å². The molecule has 1 atom stereocenters. The van der Waals surface area contributed by atoms with E-state index >= 15 is 0 Å². The van der Waals surface area contributed by atoms with Crippen LogP contribution in [0.1, 0.15) is 23.7 Å². The van der Waals surface area contributed by atoms with E-state index in [1.807, 2.05) is 0 Å². The third-order valence-corrected chi connectivity index (χ3v) is 2.84. The Morgan fingerprint density at radius 2 is 2.00 bits per heavy atom. The third kappa shape index (κ3) is 3.91. The highest BCUT2D eigenvalue weighted by atomic mass is 16.6. The summed E-state index contributed by atoms with van der Waals surface area (Å²) >= 11 is 0. The number of esters is 2. The average Bonchev–Trinajstić information content (AvgIpc) is 2.50. The molecule has 0 bridgehead atoms. The summed E-state index contributed by atoms with van der Waals surface area (Å²) in [6.07, 6.45) is 0.391. The van der Waals surface area contributed by atoms with E-state index < -0.39 is 22.9 Å². The van der Waals surface area contributed by atoms with Gasteiger partial charge in [0.2, 0.25) is 0 Å². The lowest BCUT2D eigenvalue weighted by Crippen LogP contribution is -2.30. The second-order valence-electron chi connectivity index (χ2n) is 4.11. The highest BCUT2D eigenvalue weighted by Gasteiger charge is 2.23. The number of nitrogens with one attached hydrogen (secondary N) is 1. The number of carbonyl (C=O) groups is 2. The van der Waals surface area contributed by atoms with Gasteiger partial charge in [-0.3, -0.25) is 10.1 Å². The van der Waals surface area contributed by atoms with Crippen molar-refractivity contribution in [3.8, 4) is 0 Å². The molecule has 0 fully saturated rings. The van der Waals surface area contributed by atoms with Gasteiger partial charge in [-0.1, -0.05) is 6.92 Å². The SMILES string of the molecule is CCC(Nc1ccc(C(=O)OC)cc1[N+](=O)[O-])C(=O)OC. The Kier molecular flexibility index (Phi) is 5.65. The minimum absolute atomic E-state index is 0.0564. The van der Waals surface area contributed by atoms with Gasteiger partial charge in [0, 0.05) is 6.07 Å². The molecule has 0 aliphatic heterocycles. The topological polar surface area (TPSA) is 108 Å². The molecule has 1 aromatic carbocycles. The molecule has 0 aromatic heterocycles. The largest absolute Gasteiger partial charge is 0.467 e. The number of nitro benzene ring substituents is 1. The molecule has 8 nitrogen and oxygen atoms in total. The van der Waals surface area contributed by atoms with Crippen LogP contribution < -0.4 is 5.32 Å². The van der Waals surface area contributed by atoms with E-state index in [2.05, 4.69) is 14.8 Å². The molecule has 114 valence electrons. The monoisotopic (exact) mass is 296 g/mol. The van der Waals surface area contributed by atoms with Crippen LogP contribution in [0.4, 0.5) is 11.4 Å². The fraction of sp³-hybridized carbons (Fsp3) is 0.385. The average molecular weight is 296 g/mol. The van der Waals surface area contributed by atoms with E-state index in [1.54, 1.807) is 6.92 Å². The minimum Gasteiger partial charge on any atom is -0.467 e. The Hall–Kier alpha value is -2.64. The van der Waals surface area contributed by atoms with E-state index in [1.165, 1.54) is 26.4 Å². The van der Waals surface area contributed by atoms with Gasteiger partial charge in [-0.25, -0.2) is 9.59 Å². The fourth-order valence-corrected chi connectivity index (χ4v) is 1.71. The molecule has 1 aromatic rings. The number of nitro groups is 1. The van der Waals surface area contributed by atoms with Crippen LogP contribution in [0.3, 0.4) is 0 Å². The molecule has 0 amide bonds. The Bertz CT molecular complexity index is 558. The summed E-state index contributed by atoms with van der Waals surface area (Å²) in [7, 11) is 2.42. The van der Waals surface area contributed by atoms with E-state index in [9.17, 15) is 19.7 Å². The third-order valence-electron chi connectivity index (χ3n) is 2.84. The second kappa shape index (κ2) is 7.22.